The Balaban J connectivity index is 1.86. The summed E-state index contributed by atoms with van der Waals surface area (Å²) >= 11 is 0. The number of carbonyl (C=O) groups is 1. The average Bonchev–Trinajstić information content (AvgIpc) is 3.05. The van der Waals surface area contributed by atoms with Gasteiger partial charge in [-0.2, -0.15) is 0 Å². The topological polar surface area (TPSA) is 63.0 Å². The van der Waals surface area contributed by atoms with Gasteiger partial charge in [-0.05, 0) is 18.2 Å². The fraction of sp³-hybridized carbons (Fsp3) is 0.370. The zero-order valence-electron chi connectivity index (χ0n) is 19.6. The van der Waals surface area contributed by atoms with Gasteiger partial charge in [0.15, 0.2) is 5.76 Å². The molecular weight excluding hydrogens is 402 g/mol. The van der Waals surface area contributed by atoms with E-state index in [2.05, 4.69) is 27.7 Å². The first-order chi connectivity index (χ1) is 15.3. The highest BCUT2D eigenvalue weighted by atomic mass is 16.5. The number of rotatable bonds is 9. The molecule has 1 heterocycles. The molecule has 0 unspecified atom stereocenters. The summed E-state index contributed by atoms with van der Waals surface area (Å²) in [5.74, 6) is 2.15. The van der Waals surface area contributed by atoms with Crippen LogP contribution in [0.5, 0.6) is 17.2 Å². The van der Waals surface area contributed by atoms with Crippen LogP contribution in [0.25, 0.3) is 6.08 Å². The predicted octanol–water partition coefficient (Wildman–Crippen LogP) is 3.64. The van der Waals surface area contributed by atoms with Gasteiger partial charge >= 0.3 is 0 Å². The quantitative estimate of drug-likeness (QED) is 0.611. The maximum atomic E-state index is 12.9. The lowest BCUT2D eigenvalue weighted by molar-refractivity contribution is -0.919. The monoisotopic (exact) mass is 435 g/mol. The molecule has 0 bridgehead atoms. The number of allylic oxidation sites excluding steroid dienone is 3. The average molecular weight is 436 g/mol. The Kier molecular flexibility index (Phi) is 7.75. The summed E-state index contributed by atoms with van der Waals surface area (Å²) in [6.07, 6.45) is 5.28. The van der Waals surface area contributed by atoms with Crippen LogP contribution in [0.4, 0.5) is 0 Å². The van der Waals surface area contributed by atoms with E-state index in [-0.39, 0.29) is 17.3 Å². The number of nitrogens with one attached hydrogen (secondary N) is 1. The van der Waals surface area contributed by atoms with Crippen molar-refractivity contribution in [2.75, 3.05) is 20.2 Å². The molecule has 1 aliphatic rings. The minimum atomic E-state index is -0.194. The van der Waals surface area contributed by atoms with Gasteiger partial charge in [0.2, 0.25) is 5.78 Å². The van der Waals surface area contributed by atoms with E-state index in [0.717, 1.165) is 24.4 Å². The van der Waals surface area contributed by atoms with Gasteiger partial charge in [-0.15, -0.1) is 0 Å². The van der Waals surface area contributed by atoms with Crippen molar-refractivity contribution < 1.29 is 24.3 Å². The first kappa shape index (κ1) is 23.6. The van der Waals surface area contributed by atoms with E-state index >= 15 is 0 Å². The third kappa shape index (κ3) is 5.60. The van der Waals surface area contributed by atoms with Gasteiger partial charge < -0.3 is 19.5 Å². The molecule has 2 aromatic carbocycles. The first-order valence-electron chi connectivity index (χ1n) is 11.2. The molecule has 5 nitrogen and oxygen atoms in total. The first-order valence-corrected chi connectivity index (χ1v) is 11.2. The molecule has 3 rings (SSSR count). The summed E-state index contributed by atoms with van der Waals surface area (Å²) in [4.78, 5) is 14.2. The van der Waals surface area contributed by atoms with Crippen molar-refractivity contribution in [3.63, 3.8) is 0 Å². The molecule has 0 aliphatic carbocycles. The number of benzene rings is 2. The highest BCUT2D eigenvalue weighted by molar-refractivity contribution is 6.12. The maximum Gasteiger partial charge on any atom is 0.231 e. The Morgan fingerprint density at radius 2 is 1.75 bits per heavy atom. The summed E-state index contributed by atoms with van der Waals surface area (Å²) in [6, 6.07) is 10.7. The molecule has 0 amide bonds. The largest absolute Gasteiger partial charge is 0.872 e. The van der Waals surface area contributed by atoms with E-state index < -0.39 is 0 Å². The van der Waals surface area contributed by atoms with Crippen LogP contribution in [-0.4, -0.2) is 26.0 Å². The van der Waals surface area contributed by atoms with Crippen molar-refractivity contribution in [1.29, 1.82) is 0 Å². The third-order valence-electron chi connectivity index (χ3n) is 5.38. The minimum Gasteiger partial charge on any atom is -0.872 e. The van der Waals surface area contributed by atoms with Gasteiger partial charge in [-0.3, -0.25) is 4.79 Å². The Morgan fingerprint density at radius 1 is 1.06 bits per heavy atom. The lowest BCUT2D eigenvalue weighted by Gasteiger charge is -2.26. The van der Waals surface area contributed by atoms with E-state index in [1.807, 2.05) is 30.3 Å². The molecule has 1 aliphatic heterocycles. The lowest BCUT2D eigenvalue weighted by Crippen LogP contribution is -3.11. The predicted molar refractivity (Wildman–Crippen MR) is 125 cm³/mol. The molecule has 32 heavy (non-hydrogen) atoms. The van der Waals surface area contributed by atoms with Crippen LogP contribution in [0.15, 0.2) is 54.3 Å². The third-order valence-corrected chi connectivity index (χ3v) is 5.38. The number of ether oxygens (including phenoxy) is 2. The molecule has 0 saturated carbocycles. The van der Waals surface area contributed by atoms with Gasteiger partial charge in [0.25, 0.3) is 0 Å². The van der Waals surface area contributed by atoms with Gasteiger partial charge in [-0.25, -0.2) is 0 Å². The number of fused-ring (bicyclic) bond motifs is 1. The Morgan fingerprint density at radius 3 is 2.41 bits per heavy atom. The van der Waals surface area contributed by atoms with Crippen LogP contribution < -0.4 is 19.5 Å². The Bertz CT molecular complexity index is 1010. The molecule has 0 atom stereocenters. The summed E-state index contributed by atoms with van der Waals surface area (Å²) < 4.78 is 11.3. The number of carbonyl (C=O) groups excluding carboxylic acids is 1. The number of ketones is 1. The van der Waals surface area contributed by atoms with Crippen LogP contribution in [0.2, 0.25) is 0 Å². The van der Waals surface area contributed by atoms with Crippen molar-refractivity contribution in [2.45, 2.75) is 34.2 Å². The van der Waals surface area contributed by atoms with Crippen molar-refractivity contribution >= 4 is 11.9 Å². The molecule has 0 spiro atoms. The van der Waals surface area contributed by atoms with Gasteiger partial charge in [0, 0.05) is 23.0 Å². The lowest BCUT2D eigenvalue weighted by atomic mass is 10.0. The van der Waals surface area contributed by atoms with Gasteiger partial charge in [0.1, 0.15) is 18.0 Å². The zero-order chi connectivity index (χ0) is 23.3. The molecule has 2 aromatic rings. The smallest absolute Gasteiger partial charge is 0.231 e. The van der Waals surface area contributed by atoms with Crippen LogP contribution in [0.1, 0.15) is 49.2 Å². The molecule has 0 fully saturated rings. The van der Waals surface area contributed by atoms with Crippen molar-refractivity contribution in [3.8, 4) is 17.2 Å². The number of methoxy groups -OCH3 is 1. The molecule has 0 saturated heterocycles. The summed E-state index contributed by atoms with van der Waals surface area (Å²) in [5.41, 5.74) is 1.95. The second-order valence-electron chi connectivity index (χ2n) is 9.10. The summed E-state index contributed by atoms with van der Waals surface area (Å²) in [7, 11) is 1.62. The fourth-order valence-electron chi connectivity index (χ4n) is 4.15. The van der Waals surface area contributed by atoms with Crippen LogP contribution >= 0.6 is 0 Å². The highest BCUT2D eigenvalue weighted by Crippen LogP contribution is 2.37. The van der Waals surface area contributed by atoms with Crippen molar-refractivity contribution in [3.05, 3.63) is 71.0 Å². The summed E-state index contributed by atoms with van der Waals surface area (Å²) in [6.45, 7) is 11.2. The van der Waals surface area contributed by atoms with Gasteiger partial charge in [-0.1, -0.05) is 69.9 Å². The van der Waals surface area contributed by atoms with Crippen LogP contribution in [-0.2, 0) is 6.54 Å². The number of Topliss-reactive ketones (excluding diaryl/α,β-unsaturated/α-hetero) is 1. The van der Waals surface area contributed by atoms with Crippen molar-refractivity contribution in [2.24, 2.45) is 11.8 Å². The second-order valence-corrected chi connectivity index (χ2v) is 9.10. The van der Waals surface area contributed by atoms with E-state index in [4.69, 9.17) is 9.47 Å². The summed E-state index contributed by atoms with van der Waals surface area (Å²) in [5, 5.41) is 12.7. The zero-order valence-corrected chi connectivity index (χ0v) is 19.6. The van der Waals surface area contributed by atoms with Crippen molar-refractivity contribution in [1.82, 2.24) is 0 Å². The maximum absolute atomic E-state index is 12.9. The van der Waals surface area contributed by atoms with Crippen LogP contribution in [0.3, 0.4) is 0 Å². The molecule has 0 radical (unpaired) electrons. The number of para-hydroxylation sites is 1. The normalized spacial score (nSPS) is 14.8. The van der Waals surface area contributed by atoms with E-state index in [0.29, 0.717) is 35.3 Å². The minimum absolute atomic E-state index is 0.0765. The Labute approximate surface area is 191 Å². The molecule has 1 N–H and O–H groups in total. The van der Waals surface area contributed by atoms with E-state index in [9.17, 15) is 9.90 Å². The fourth-order valence-corrected chi connectivity index (χ4v) is 4.15. The second kappa shape index (κ2) is 10.5. The van der Waals surface area contributed by atoms with Gasteiger partial charge in [0.05, 0.1) is 25.8 Å². The number of hydrogen-bond acceptors (Lipinski definition) is 4. The molecule has 0 aromatic heterocycles. The Hall–Kier alpha value is -3.05. The number of hydrogen-bond donors (Lipinski definition) is 1. The van der Waals surface area contributed by atoms with Crippen LogP contribution in [0, 0.1) is 11.8 Å². The molecular formula is C27H33NO4. The van der Waals surface area contributed by atoms with E-state index in [1.165, 1.54) is 11.0 Å². The van der Waals surface area contributed by atoms with E-state index in [1.54, 1.807) is 25.3 Å². The SMILES string of the molecule is COc1ccccc1C=CC=C1Oc2c(ccc([O-])c2C[NH+](CC(C)C)CC(C)C)C1=O. The number of quaternary nitrogens is 1. The molecule has 170 valence electrons. The standard InChI is InChI=1S/C27H33NO4/c1-18(2)15-28(16-19(3)4)17-22-23(29)14-13-21-26(30)25(32-27(21)22)12-8-10-20-9-6-7-11-24(20)31-5/h6-14,18-19,29H,15-17H2,1-5H3. The highest BCUT2D eigenvalue weighted by Gasteiger charge is 2.31. The molecule has 5 heteroatoms.